The molecule has 0 saturated heterocycles. The topological polar surface area (TPSA) is 42.1 Å². The Bertz CT molecular complexity index is 325. The number of thioether (sulfide) groups is 1. The van der Waals surface area contributed by atoms with Gasteiger partial charge in [0.15, 0.2) is 0 Å². The Labute approximate surface area is 113 Å². The minimum Gasteiger partial charge on any atom is -0.322 e. The van der Waals surface area contributed by atoms with Gasteiger partial charge in [-0.05, 0) is 39.3 Å². The summed E-state index contributed by atoms with van der Waals surface area (Å²) in [6.07, 6.45) is 3.38. The molecule has 2 atom stereocenters. The summed E-state index contributed by atoms with van der Waals surface area (Å²) in [6.45, 7) is 5.17. The van der Waals surface area contributed by atoms with E-state index in [0.29, 0.717) is 6.04 Å². The van der Waals surface area contributed by atoms with E-state index in [1.54, 1.807) is 11.3 Å². The Hall–Kier alpha value is -0.100. The van der Waals surface area contributed by atoms with Gasteiger partial charge in [-0.25, -0.2) is 4.98 Å². The predicted octanol–water partition coefficient (Wildman–Crippen LogP) is 2.74. The fourth-order valence-corrected chi connectivity index (χ4v) is 2.87. The molecule has 98 valence electrons. The molecule has 1 aromatic heterocycles. The zero-order valence-electron chi connectivity index (χ0n) is 11.1. The molecule has 2 unspecified atom stereocenters. The van der Waals surface area contributed by atoms with Crippen molar-refractivity contribution in [2.75, 3.05) is 19.1 Å². The Kier molecular flexibility index (Phi) is 6.48. The maximum Gasteiger partial charge on any atom is 0.109 e. The second-order valence-corrected chi connectivity index (χ2v) is 6.39. The van der Waals surface area contributed by atoms with Crippen molar-refractivity contribution in [1.82, 2.24) is 9.88 Å². The van der Waals surface area contributed by atoms with E-state index in [9.17, 15) is 0 Å². The van der Waals surface area contributed by atoms with Crippen LogP contribution in [0.3, 0.4) is 0 Å². The van der Waals surface area contributed by atoms with Crippen molar-refractivity contribution in [2.24, 2.45) is 5.73 Å². The van der Waals surface area contributed by atoms with Crippen LogP contribution in [0.1, 0.15) is 37.0 Å². The molecular weight excluding hydrogens is 250 g/mol. The van der Waals surface area contributed by atoms with Gasteiger partial charge in [0, 0.05) is 18.0 Å². The summed E-state index contributed by atoms with van der Waals surface area (Å²) in [4.78, 5) is 6.92. The normalized spacial score (nSPS) is 15.2. The molecule has 1 aromatic rings. The van der Waals surface area contributed by atoms with Gasteiger partial charge in [-0.1, -0.05) is 0 Å². The first-order valence-corrected chi connectivity index (χ1v) is 8.21. The van der Waals surface area contributed by atoms with Crippen molar-refractivity contribution in [3.8, 4) is 0 Å². The second-order valence-electron chi connectivity index (χ2n) is 4.51. The minimum absolute atomic E-state index is 0.0490. The van der Waals surface area contributed by atoms with Gasteiger partial charge in [-0.15, -0.1) is 11.3 Å². The number of hydrogen-bond donors (Lipinski definition) is 1. The SMILES string of the molecule is CSCCC(C)N(C)Cc1csc(C(C)N)n1. The van der Waals surface area contributed by atoms with Crippen LogP contribution in [0.15, 0.2) is 5.38 Å². The standard InChI is InChI=1S/C12H23N3S2/c1-9(5-6-16-4)15(3)7-11-8-17-12(14-11)10(2)13/h8-10H,5-7,13H2,1-4H3. The summed E-state index contributed by atoms with van der Waals surface area (Å²) < 4.78 is 0. The number of thiazole rings is 1. The number of hydrogen-bond acceptors (Lipinski definition) is 5. The highest BCUT2D eigenvalue weighted by atomic mass is 32.2. The van der Waals surface area contributed by atoms with Crippen LogP contribution in [-0.2, 0) is 6.54 Å². The number of nitrogens with zero attached hydrogens (tertiary/aromatic N) is 2. The average molecular weight is 273 g/mol. The van der Waals surface area contributed by atoms with Gasteiger partial charge < -0.3 is 5.73 Å². The van der Waals surface area contributed by atoms with Crippen LogP contribution >= 0.6 is 23.1 Å². The second kappa shape index (κ2) is 7.36. The van der Waals surface area contributed by atoms with Crippen molar-refractivity contribution in [1.29, 1.82) is 0 Å². The molecule has 17 heavy (non-hydrogen) atoms. The van der Waals surface area contributed by atoms with Crippen LogP contribution in [0, 0.1) is 0 Å². The molecule has 0 aromatic carbocycles. The molecule has 0 aliphatic heterocycles. The van der Waals surface area contributed by atoms with Crippen molar-refractivity contribution < 1.29 is 0 Å². The highest BCUT2D eigenvalue weighted by Crippen LogP contribution is 2.17. The number of rotatable bonds is 7. The van der Waals surface area contributed by atoms with E-state index in [1.165, 1.54) is 12.2 Å². The minimum atomic E-state index is 0.0490. The van der Waals surface area contributed by atoms with Gasteiger partial charge in [0.25, 0.3) is 0 Å². The fourth-order valence-electron chi connectivity index (χ4n) is 1.52. The van der Waals surface area contributed by atoms with Gasteiger partial charge >= 0.3 is 0 Å². The first-order valence-electron chi connectivity index (χ1n) is 5.93. The molecule has 1 rings (SSSR count). The largest absolute Gasteiger partial charge is 0.322 e. The molecule has 0 aliphatic rings. The van der Waals surface area contributed by atoms with Crippen molar-refractivity contribution in [3.05, 3.63) is 16.1 Å². The van der Waals surface area contributed by atoms with Crippen molar-refractivity contribution in [2.45, 2.75) is 38.9 Å². The lowest BCUT2D eigenvalue weighted by Crippen LogP contribution is -2.29. The summed E-state index contributed by atoms with van der Waals surface area (Å²) in [6, 6.07) is 0.649. The zero-order valence-corrected chi connectivity index (χ0v) is 12.8. The molecule has 1 heterocycles. The molecule has 0 saturated carbocycles. The van der Waals surface area contributed by atoms with E-state index < -0.39 is 0 Å². The third-order valence-corrected chi connectivity index (χ3v) is 4.60. The number of nitrogens with two attached hydrogens (primary N) is 1. The third kappa shape index (κ3) is 4.95. The third-order valence-electron chi connectivity index (χ3n) is 2.86. The van der Waals surface area contributed by atoms with E-state index in [-0.39, 0.29) is 6.04 Å². The van der Waals surface area contributed by atoms with Crippen molar-refractivity contribution >= 4 is 23.1 Å². The van der Waals surface area contributed by atoms with Crippen molar-refractivity contribution in [3.63, 3.8) is 0 Å². The Morgan fingerprint density at radius 1 is 1.53 bits per heavy atom. The van der Waals surface area contributed by atoms with E-state index in [0.717, 1.165) is 17.2 Å². The first-order chi connectivity index (χ1) is 8.04. The van der Waals surface area contributed by atoms with Gasteiger partial charge in [0.1, 0.15) is 5.01 Å². The summed E-state index contributed by atoms with van der Waals surface area (Å²) in [5.74, 6) is 1.22. The van der Waals surface area contributed by atoms with E-state index in [4.69, 9.17) is 5.73 Å². The molecule has 0 fully saturated rings. The zero-order chi connectivity index (χ0) is 12.8. The maximum absolute atomic E-state index is 5.81. The van der Waals surface area contributed by atoms with E-state index in [2.05, 4.69) is 35.5 Å². The smallest absolute Gasteiger partial charge is 0.109 e. The van der Waals surface area contributed by atoms with Crippen LogP contribution in [0.4, 0.5) is 0 Å². The van der Waals surface area contributed by atoms with Gasteiger partial charge in [-0.3, -0.25) is 4.90 Å². The van der Waals surface area contributed by atoms with Gasteiger partial charge in [-0.2, -0.15) is 11.8 Å². The molecule has 0 bridgehead atoms. The van der Waals surface area contributed by atoms with Gasteiger partial charge in [0.05, 0.1) is 11.7 Å². The quantitative estimate of drug-likeness (QED) is 0.829. The van der Waals surface area contributed by atoms with Crippen LogP contribution in [0.2, 0.25) is 0 Å². The summed E-state index contributed by atoms with van der Waals surface area (Å²) in [5, 5.41) is 3.15. The Morgan fingerprint density at radius 3 is 2.76 bits per heavy atom. The molecule has 5 heteroatoms. The highest BCUT2D eigenvalue weighted by molar-refractivity contribution is 7.98. The monoisotopic (exact) mass is 273 g/mol. The maximum atomic E-state index is 5.81. The summed E-state index contributed by atoms with van der Waals surface area (Å²) >= 11 is 3.57. The van der Waals surface area contributed by atoms with Gasteiger partial charge in [0.2, 0.25) is 0 Å². The lowest BCUT2D eigenvalue weighted by atomic mass is 10.2. The molecule has 0 aliphatic carbocycles. The average Bonchev–Trinajstić information content (AvgIpc) is 2.74. The van der Waals surface area contributed by atoms with Crippen LogP contribution < -0.4 is 5.73 Å². The first kappa shape index (κ1) is 15.0. The van der Waals surface area contributed by atoms with Crippen LogP contribution in [-0.4, -0.2) is 35.0 Å². The van der Waals surface area contributed by atoms with Crippen LogP contribution in [0.25, 0.3) is 0 Å². The fraction of sp³-hybridized carbons (Fsp3) is 0.750. The molecule has 3 nitrogen and oxygen atoms in total. The van der Waals surface area contributed by atoms with E-state index >= 15 is 0 Å². The van der Waals surface area contributed by atoms with Crippen LogP contribution in [0.5, 0.6) is 0 Å². The Morgan fingerprint density at radius 2 is 2.24 bits per heavy atom. The number of aromatic nitrogens is 1. The Balaban J connectivity index is 2.46. The molecule has 0 spiro atoms. The lowest BCUT2D eigenvalue weighted by Gasteiger charge is -2.23. The molecule has 0 radical (unpaired) electrons. The van der Waals surface area contributed by atoms with E-state index in [1.807, 2.05) is 18.7 Å². The molecule has 0 amide bonds. The predicted molar refractivity (Wildman–Crippen MR) is 78.6 cm³/mol. The summed E-state index contributed by atoms with van der Waals surface area (Å²) in [5.41, 5.74) is 6.95. The highest BCUT2D eigenvalue weighted by Gasteiger charge is 2.12. The molecule has 2 N–H and O–H groups in total. The molecular formula is C12H23N3S2. The summed E-state index contributed by atoms with van der Waals surface area (Å²) in [7, 11) is 2.16. The lowest BCUT2D eigenvalue weighted by molar-refractivity contribution is 0.242.